The zero-order valence-corrected chi connectivity index (χ0v) is 19.7. The van der Waals surface area contributed by atoms with Gasteiger partial charge in [0.1, 0.15) is 17.1 Å². The van der Waals surface area contributed by atoms with Crippen molar-refractivity contribution in [1.82, 2.24) is 13.7 Å². The quantitative estimate of drug-likeness (QED) is 0.477. The van der Waals surface area contributed by atoms with Gasteiger partial charge in [-0.1, -0.05) is 62.9 Å². The average molecular weight is 449 g/mol. The number of methoxy groups -OCH3 is 1. The monoisotopic (exact) mass is 448 g/mol. The minimum atomic E-state index is -0.309. The van der Waals surface area contributed by atoms with Gasteiger partial charge in [-0.05, 0) is 23.6 Å². The number of anilines is 1. The van der Waals surface area contributed by atoms with Crippen molar-refractivity contribution in [1.29, 1.82) is 0 Å². The molecule has 7 nitrogen and oxygen atoms in total. The van der Waals surface area contributed by atoms with Crippen LogP contribution in [0.5, 0.6) is 5.75 Å². The summed E-state index contributed by atoms with van der Waals surface area (Å²) in [5.74, 6) is 1.77. The highest BCUT2D eigenvalue weighted by Crippen LogP contribution is 2.25. The van der Waals surface area contributed by atoms with Crippen LogP contribution in [-0.2, 0) is 20.1 Å². The summed E-state index contributed by atoms with van der Waals surface area (Å²) in [5, 5.41) is 3.95. The van der Waals surface area contributed by atoms with E-state index in [0.29, 0.717) is 30.5 Å². The number of rotatable bonds is 10. The molecule has 0 saturated heterocycles. The maximum atomic E-state index is 13.0. The van der Waals surface area contributed by atoms with Gasteiger partial charge in [0.05, 0.1) is 12.5 Å². The number of hydrogen-bond acceptors (Lipinski definition) is 4. The molecule has 0 aliphatic rings. The smallest absolute Gasteiger partial charge is 0.331 e. The lowest BCUT2D eigenvalue weighted by Gasteiger charge is -2.15. The zero-order valence-electron chi connectivity index (χ0n) is 19.7. The minimum absolute atomic E-state index is 0.241. The number of aromatic nitrogens is 3. The molecule has 1 N–H and O–H groups in total. The Bertz CT molecular complexity index is 1290. The zero-order chi connectivity index (χ0) is 24.0. The fraction of sp³-hybridized carbons (Fsp3) is 0.308. The second-order valence-corrected chi connectivity index (χ2v) is 8.30. The van der Waals surface area contributed by atoms with Crippen LogP contribution < -0.4 is 21.3 Å². The van der Waals surface area contributed by atoms with E-state index in [-0.39, 0.29) is 17.2 Å². The van der Waals surface area contributed by atoms with E-state index in [2.05, 4.69) is 25.7 Å². The van der Waals surface area contributed by atoms with Crippen molar-refractivity contribution in [3.63, 3.8) is 0 Å². The molecule has 3 rings (SSSR count). The van der Waals surface area contributed by atoms with E-state index in [4.69, 9.17) is 4.74 Å². The largest absolute Gasteiger partial charge is 0.497 e. The standard InChI is InChI=1S/C26H32N4O3/c1-6-7-8-9-10-15-27-24-23-22(25(31)28(4)26(32)30(23)16-19(2)3)18-29(24)17-20-11-13-21(33-5)14-12-20/h6-14,18-19,27H,1,15-17H2,2-5H3/b8-7-,10-9-. The van der Waals surface area contributed by atoms with Gasteiger partial charge in [0.2, 0.25) is 0 Å². The molecule has 0 unspecified atom stereocenters. The third kappa shape index (κ3) is 5.37. The molecule has 0 bridgehead atoms. The first-order valence-corrected chi connectivity index (χ1v) is 11.0. The molecule has 0 aliphatic carbocycles. The molecule has 0 atom stereocenters. The Morgan fingerprint density at radius 1 is 1.12 bits per heavy atom. The molecule has 0 saturated carbocycles. The number of fused-ring (bicyclic) bond motifs is 1. The topological polar surface area (TPSA) is 70.2 Å². The van der Waals surface area contributed by atoms with Crippen LogP contribution in [0.3, 0.4) is 0 Å². The average Bonchev–Trinajstić information content (AvgIpc) is 3.15. The van der Waals surface area contributed by atoms with Crippen molar-refractivity contribution >= 4 is 16.7 Å². The van der Waals surface area contributed by atoms with E-state index in [1.165, 1.54) is 11.6 Å². The summed E-state index contributed by atoms with van der Waals surface area (Å²) in [7, 11) is 3.17. The molecule has 174 valence electrons. The van der Waals surface area contributed by atoms with Crippen molar-refractivity contribution in [3.05, 3.63) is 93.8 Å². The summed E-state index contributed by atoms with van der Waals surface area (Å²) in [6.07, 6.45) is 11.2. The molecule has 0 amide bonds. The fourth-order valence-electron chi connectivity index (χ4n) is 3.74. The van der Waals surface area contributed by atoms with Gasteiger partial charge < -0.3 is 14.6 Å². The summed E-state index contributed by atoms with van der Waals surface area (Å²) < 4.78 is 10.1. The predicted molar refractivity (Wildman–Crippen MR) is 135 cm³/mol. The van der Waals surface area contributed by atoms with Gasteiger partial charge in [0.25, 0.3) is 5.56 Å². The van der Waals surface area contributed by atoms with E-state index in [9.17, 15) is 9.59 Å². The number of ether oxygens (including phenoxy) is 1. The van der Waals surface area contributed by atoms with Crippen LogP contribution >= 0.6 is 0 Å². The lowest BCUT2D eigenvalue weighted by atomic mass is 10.2. The van der Waals surface area contributed by atoms with Gasteiger partial charge in [-0.3, -0.25) is 13.9 Å². The number of nitrogens with one attached hydrogen (secondary N) is 1. The maximum Gasteiger partial charge on any atom is 0.331 e. The van der Waals surface area contributed by atoms with E-state index >= 15 is 0 Å². The molecule has 0 aliphatic heterocycles. The Kier molecular flexibility index (Phi) is 7.77. The highest BCUT2D eigenvalue weighted by atomic mass is 16.5. The molecule has 0 radical (unpaired) electrons. The first-order valence-electron chi connectivity index (χ1n) is 11.0. The molecule has 3 aromatic rings. The van der Waals surface area contributed by atoms with Gasteiger partial charge in [-0.2, -0.15) is 0 Å². The predicted octanol–water partition coefficient (Wildman–Crippen LogP) is 3.92. The van der Waals surface area contributed by atoms with Crippen LogP contribution in [0.4, 0.5) is 5.82 Å². The minimum Gasteiger partial charge on any atom is -0.497 e. The summed E-state index contributed by atoms with van der Waals surface area (Å²) in [4.78, 5) is 26.0. The second-order valence-electron chi connectivity index (χ2n) is 8.30. The summed E-state index contributed by atoms with van der Waals surface area (Å²) in [6, 6.07) is 7.81. The molecule has 7 heteroatoms. The highest BCUT2D eigenvalue weighted by molar-refractivity contribution is 5.90. The molecule has 2 aromatic heterocycles. The van der Waals surface area contributed by atoms with Gasteiger partial charge in [-0.15, -0.1) is 0 Å². The van der Waals surface area contributed by atoms with Crippen molar-refractivity contribution in [2.45, 2.75) is 26.9 Å². The Morgan fingerprint density at radius 3 is 2.48 bits per heavy atom. The van der Waals surface area contributed by atoms with Gasteiger partial charge in [-0.25, -0.2) is 4.79 Å². The molecule has 1 aromatic carbocycles. The van der Waals surface area contributed by atoms with Crippen molar-refractivity contribution < 1.29 is 4.74 Å². The molecule has 0 spiro atoms. The SMILES string of the molecule is C=C/C=C\C=C/CNc1c2c(cn1Cc1ccc(OC)cc1)c(=O)n(C)c(=O)n2CC(C)C. The normalized spacial score (nSPS) is 11.8. The molecular formula is C26H32N4O3. The van der Waals surface area contributed by atoms with Crippen LogP contribution in [-0.4, -0.2) is 27.4 Å². The Hall–Kier alpha value is -3.74. The highest BCUT2D eigenvalue weighted by Gasteiger charge is 2.20. The van der Waals surface area contributed by atoms with Crippen LogP contribution in [0.1, 0.15) is 19.4 Å². The molecule has 2 heterocycles. The number of allylic oxidation sites excluding steroid dienone is 4. The third-order valence-corrected chi connectivity index (χ3v) is 5.32. The van der Waals surface area contributed by atoms with Crippen molar-refractivity contribution in [2.24, 2.45) is 13.0 Å². The first kappa shape index (κ1) is 23.9. The summed E-state index contributed by atoms with van der Waals surface area (Å²) in [5.41, 5.74) is 1.09. The van der Waals surface area contributed by atoms with Crippen LogP contribution in [0.25, 0.3) is 10.9 Å². The number of hydrogen-bond donors (Lipinski definition) is 1. The lowest BCUT2D eigenvalue weighted by molar-refractivity contribution is 0.414. The molecule has 0 fully saturated rings. The van der Waals surface area contributed by atoms with E-state index < -0.39 is 0 Å². The fourth-order valence-corrected chi connectivity index (χ4v) is 3.74. The van der Waals surface area contributed by atoms with E-state index in [1.807, 2.05) is 59.3 Å². The Labute approximate surface area is 193 Å². The first-order chi connectivity index (χ1) is 15.9. The van der Waals surface area contributed by atoms with Gasteiger partial charge in [0.15, 0.2) is 0 Å². The molecule has 33 heavy (non-hydrogen) atoms. The van der Waals surface area contributed by atoms with E-state index in [0.717, 1.165) is 17.1 Å². The number of nitrogens with zero attached hydrogens (tertiary/aromatic N) is 3. The van der Waals surface area contributed by atoms with E-state index in [1.54, 1.807) is 17.8 Å². The second kappa shape index (κ2) is 10.7. The van der Waals surface area contributed by atoms with Gasteiger partial charge >= 0.3 is 5.69 Å². The molecular weight excluding hydrogens is 416 g/mol. The maximum absolute atomic E-state index is 13.0. The van der Waals surface area contributed by atoms with Gasteiger partial charge in [0, 0.05) is 32.9 Å². The summed E-state index contributed by atoms with van der Waals surface area (Å²) in [6.45, 7) is 9.37. The van der Waals surface area contributed by atoms with Crippen molar-refractivity contribution in [2.75, 3.05) is 19.0 Å². The Morgan fingerprint density at radius 2 is 1.85 bits per heavy atom. The van der Waals surface area contributed by atoms with Crippen LogP contribution in [0.2, 0.25) is 0 Å². The van der Waals surface area contributed by atoms with Crippen molar-refractivity contribution in [3.8, 4) is 5.75 Å². The summed E-state index contributed by atoms with van der Waals surface area (Å²) >= 11 is 0. The lowest BCUT2D eigenvalue weighted by Crippen LogP contribution is -2.38. The third-order valence-electron chi connectivity index (χ3n) is 5.32. The van der Waals surface area contributed by atoms with Crippen LogP contribution in [0.15, 0.2) is 77.0 Å². The number of benzene rings is 1. The van der Waals surface area contributed by atoms with Crippen LogP contribution in [0, 0.1) is 5.92 Å². The Balaban J connectivity index is 2.14.